The number of carbonyl (C=O) groups excluding carboxylic acids is 1. The van der Waals surface area contributed by atoms with Crippen LogP contribution in [0.1, 0.15) is 40.0 Å². The number of hydrogen-bond donors (Lipinski definition) is 1. The summed E-state index contributed by atoms with van der Waals surface area (Å²) >= 11 is 0. The van der Waals surface area contributed by atoms with E-state index in [0.717, 1.165) is 25.8 Å². The molecule has 0 aliphatic heterocycles. The molecule has 0 bridgehead atoms. The van der Waals surface area contributed by atoms with Gasteiger partial charge in [-0.25, -0.2) is 0 Å². The summed E-state index contributed by atoms with van der Waals surface area (Å²) in [4.78, 5) is 14.3. The van der Waals surface area contributed by atoms with Gasteiger partial charge in [0.25, 0.3) is 0 Å². The lowest BCUT2D eigenvalue weighted by atomic mass is 9.96. The summed E-state index contributed by atoms with van der Waals surface area (Å²) < 4.78 is 4.98. The molecule has 1 rings (SSSR count). The van der Waals surface area contributed by atoms with E-state index in [0.29, 0.717) is 12.1 Å². The Labute approximate surface area is 105 Å². The van der Waals surface area contributed by atoms with Crippen LogP contribution >= 0.6 is 0 Å². The number of hydrogen-bond acceptors (Lipinski definition) is 4. The standard InChI is InChI=1S/C13H26N2O2/c1-6-15(4)11-7-8-13(9-11,12(16)17-5)14-10(2)3/h10-11,14H,6-9H2,1-5H3. The summed E-state index contributed by atoms with van der Waals surface area (Å²) in [6.45, 7) is 7.31. The predicted octanol–water partition coefficient (Wildman–Crippen LogP) is 1.40. The van der Waals surface area contributed by atoms with Gasteiger partial charge >= 0.3 is 5.97 Å². The smallest absolute Gasteiger partial charge is 0.326 e. The molecule has 4 heteroatoms. The van der Waals surface area contributed by atoms with Gasteiger partial charge in [0.1, 0.15) is 5.54 Å². The van der Waals surface area contributed by atoms with E-state index in [2.05, 4.69) is 38.0 Å². The first kappa shape index (κ1) is 14.5. The SMILES string of the molecule is CCN(C)C1CCC(NC(C)C)(C(=O)OC)C1. The molecule has 0 amide bonds. The summed E-state index contributed by atoms with van der Waals surface area (Å²) in [5, 5.41) is 3.41. The minimum Gasteiger partial charge on any atom is -0.468 e. The minimum absolute atomic E-state index is 0.113. The molecule has 0 aromatic rings. The van der Waals surface area contributed by atoms with Crippen LogP contribution in [0.25, 0.3) is 0 Å². The van der Waals surface area contributed by atoms with Gasteiger partial charge in [-0.1, -0.05) is 6.92 Å². The van der Waals surface area contributed by atoms with Crippen LogP contribution in [0.15, 0.2) is 0 Å². The number of esters is 1. The van der Waals surface area contributed by atoms with E-state index in [4.69, 9.17) is 4.74 Å². The maximum atomic E-state index is 12.0. The molecule has 100 valence electrons. The molecule has 0 spiro atoms. The van der Waals surface area contributed by atoms with Gasteiger partial charge < -0.3 is 9.64 Å². The number of nitrogens with one attached hydrogen (secondary N) is 1. The third kappa shape index (κ3) is 3.19. The van der Waals surface area contributed by atoms with Crippen LogP contribution in [0.5, 0.6) is 0 Å². The van der Waals surface area contributed by atoms with E-state index in [1.165, 1.54) is 7.11 Å². The first-order chi connectivity index (χ1) is 7.95. The number of ether oxygens (including phenoxy) is 1. The van der Waals surface area contributed by atoms with E-state index in [1.54, 1.807) is 0 Å². The molecule has 0 heterocycles. The third-order valence-electron chi connectivity index (χ3n) is 3.75. The summed E-state index contributed by atoms with van der Waals surface area (Å²) in [5.74, 6) is -0.113. The van der Waals surface area contributed by atoms with Gasteiger partial charge in [-0.05, 0) is 46.7 Å². The highest BCUT2D eigenvalue weighted by Gasteiger charge is 2.47. The van der Waals surface area contributed by atoms with Crippen molar-refractivity contribution in [2.24, 2.45) is 0 Å². The second kappa shape index (κ2) is 5.83. The molecule has 1 N–H and O–H groups in total. The van der Waals surface area contributed by atoms with Crippen LogP contribution in [0.3, 0.4) is 0 Å². The molecule has 1 fully saturated rings. The zero-order valence-corrected chi connectivity index (χ0v) is 11.7. The second-order valence-corrected chi connectivity index (χ2v) is 5.34. The van der Waals surface area contributed by atoms with Crippen molar-refractivity contribution in [2.45, 2.75) is 57.7 Å². The van der Waals surface area contributed by atoms with Crippen molar-refractivity contribution in [3.05, 3.63) is 0 Å². The highest BCUT2D eigenvalue weighted by molar-refractivity contribution is 5.81. The molecule has 1 aliphatic carbocycles. The lowest BCUT2D eigenvalue weighted by molar-refractivity contribution is -0.149. The lowest BCUT2D eigenvalue weighted by Gasteiger charge is -2.31. The Morgan fingerprint density at radius 3 is 2.71 bits per heavy atom. The molecular formula is C13H26N2O2. The molecule has 4 nitrogen and oxygen atoms in total. The fraction of sp³-hybridized carbons (Fsp3) is 0.923. The van der Waals surface area contributed by atoms with Crippen molar-refractivity contribution in [2.75, 3.05) is 20.7 Å². The molecule has 2 atom stereocenters. The van der Waals surface area contributed by atoms with Gasteiger partial charge in [0.05, 0.1) is 7.11 Å². The van der Waals surface area contributed by atoms with Crippen molar-refractivity contribution in [1.82, 2.24) is 10.2 Å². The summed E-state index contributed by atoms with van der Waals surface area (Å²) in [6.07, 6.45) is 2.77. The van der Waals surface area contributed by atoms with Gasteiger partial charge in [-0.2, -0.15) is 0 Å². The van der Waals surface area contributed by atoms with Gasteiger partial charge in [-0.15, -0.1) is 0 Å². The van der Waals surface area contributed by atoms with E-state index in [-0.39, 0.29) is 5.97 Å². The van der Waals surface area contributed by atoms with Crippen molar-refractivity contribution < 1.29 is 9.53 Å². The third-order valence-corrected chi connectivity index (χ3v) is 3.75. The molecule has 0 saturated heterocycles. The highest BCUT2D eigenvalue weighted by Crippen LogP contribution is 2.34. The molecule has 2 unspecified atom stereocenters. The van der Waals surface area contributed by atoms with Crippen LogP contribution in [0, 0.1) is 0 Å². The molecule has 17 heavy (non-hydrogen) atoms. The molecule has 0 radical (unpaired) electrons. The van der Waals surface area contributed by atoms with Crippen LogP contribution in [0.2, 0.25) is 0 Å². The monoisotopic (exact) mass is 242 g/mol. The fourth-order valence-corrected chi connectivity index (χ4v) is 2.78. The minimum atomic E-state index is -0.475. The maximum absolute atomic E-state index is 12.0. The van der Waals surface area contributed by atoms with Crippen molar-refractivity contribution in [1.29, 1.82) is 0 Å². The van der Waals surface area contributed by atoms with Crippen LogP contribution in [-0.4, -0.2) is 49.2 Å². The lowest BCUT2D eigenvalue weighted by Crippen LogP contribution is -2.54. The van der Waals surface area contributed by atoms with E-state index in [9.17, 15) is 4.79 Å². The van der Waals surface area contributed by atoms with Gasteiger partial charge in [-0.3, -0.25) is 10.1 Å². The van der Waals surface area contributed by atoms with Crippen molar-refractivity contribution in [3.8, 4) is 0 Å². The number of carbonyl (C=O) groups is 1. The molecule has 1 saturated carbocycles. The quantitative estimate of drug-likeness (QED) is 0.740. The zero-order valence-electron chi connectivity index (χ0n) is 11.7. The largest absolute Gasteiger partial charge is 0.468 e. The number of nitrogens with zero attached hydrogens (tertiary/aromatic N) is 1. The van der Waals surface area contributed by atoms with Crippen molar-refractivity contribution >= 4 is 5.97 Å². The van der Waals surface area contributed by atoms with Crippen LogP contribution in [0.4, 0.5) is 0 Å². The number of rotatable bonds is 5. The maximum Gasteiger partial charge on any atom is 0.326 e. The van der Waals surface area contributed by atoms with Crippen LogP contribution < -0.4 is 5.32 Å². The first-order valence-corrected chi connectivity index (χ1v) is 6.51. The second-order valence-electron chi connectivity index (χ2n) is 5.34. The average molecular weight is 242 g/mol. The van der Waals surface area contributed by atoms with Gasteiger partial charge in [0.15, 0.2) is 0 Å². The van der Waals surface area contributed by atoms with Gasteiger partial charge in [0.2, 0.25) is 0 Å². The summed E-state index contributed by atoms with van der Waals surface area (Å²) in [5.41, 5.74) is -0.475. The summed E-state index contributed by atoms with van der Waals surface area (Å²) in [6, 6.07) is 0.769. The zero-order chi connectivity index (χ0) is 13.1. The van der Waals surface area contributed by atoms with E-state index < -0.39 is 5.54 Å². The van der Waals surface area contributed by atoms with E-state index in [1.807, 2.05) is 0 Å². The molecule has 1 aliphatic rings. The Hall–Kier alpha value is -0.610. The molecule has 0 aromatic heterocycles. The Balaban J connectivity index is 2.78. The molecule has 0 aromatic carbocycles. The first-order valence-electron chi connectivity index (χ1n) is 6.51. The predicted molar refractivity (Wildman–Crippen MR) is 69.0 cm³/mol. The average Bonchev–Trinajstić information content (AvgIpc) is 2.71. The Kier molecular flexibility index (Phi) is 4.95. The topological polar surface area (TPSA) is 41.6 Å². The Bertz CT molecular complexity index is 268. The fourth-order valence-electron chi connectivity index (χ4n) is 2.78. The number of methoxy groups -OCH3 is 1. The Morgan fingerprint density at radius 2 is 2.24 bits per heavy atom. The van der Waals surface area contributed by atoms with Gasteiger partial charge in [0, 0.05) is 12.1 Å². The Morgan fingerprint density at radius 1 is 1.59 bits per heavy atom. The van der Waals surface area contributed by atoms with Crippen molar-refractivity contribution in [3.63, 3.8) is 0 Å². The van der Waals surface area contributed by atoms with E-state index >= 15 is 0 Å². The highest BCUT2D eigenvalue weighted by atomic mass is 16.5. The normalized spacial score (nSPS) is 29.0. The molecular weight excluding hydrogens is 216 g/mol. The summed E-state index contributed by atoms with van der Waals surface area (Å²) in [7, 11) is 3.59. The van der Waals surface area contributed by atoms with Crippen LogP contribution in [-0.2, 0) is 9.53 Å².